The highest BCUT2D eigenvalue weighted by Crippen LogP contribution is 2.29. The van der Waals surface area contributed by atoms with Crippen molar-refractivity contribution < 1.29 is 9.84 Å². The Morgan fingerprint density at radius 2 is 2.11 bits per heavy atom. The Bertz CT molecular complexity index is 939. The van der Waals surface area contributed by atoms with Crippen LogP contribution in [0, 0.1) is 6.92 Å². The third-order valence-corrected chi connectivity index (χ3v) is 5.55. The molecule has 5 heteroatoms. The topological polar surface area (TPSA) is 48.5 Å². The van der Waals surface area contributed by atoms with E-state index in [1.807, 2.05) is 31.3 Å². The minimum absolute atomic E-state index is 0.253. The molecule has 1 aromatic heterocycles. The molecule has 2 heterocycles. The molecule has 3 aromatic rings. The highest BCUT2D eigenvalue weighted by molar-refractivity contribution is 6.32. The van der Waals surface area contributed by atoms with Crippen molar-refractivity contribution in [3.05, 3.63) is 64.8 Å². The summed E-state index contributed by atoms with van der Waals surface area (Å²) >= 11 is 6.21. The maximum atomic E-state index is 11.1. The number of aryl methyl sites for hydroxylation is 1. The van der Waals surface area contributed by atoms with Gasteiger partial charge in [-0.2, -0.15) is 0 Å². The highest BCUT2D eigenvalue weighted by Gasteiger charge is 2.34. The first-order valence-electron chi connectivity index (χ1n) is 9.41. The normalized spacial score (nSPS) is 20.9. The number of fused-ring (bicyclic) bond motifs is 1. The fraction of sp³-hybridized carbons (Fsp3) is 0.364. The van der Waals surface area contributed by atoms with Crippen LogP contribution in [0.15, 0.2) is 48.7 Å². The molecule has 1 aliphatic rings. The van der Waals surface area contributed by atoms with E-state index in [1.54, 1.807) is 0 Å². The van der Waals surface area contributed by atoms with E-state index in [4.69, 9.17) is 16.3 Å². The molecule has 0 spiro atoms. The molecule has 2 aromatic carbocycles. The molecule has 0 saturated carbocycles. The SMILES string of the molecule is Cc1ccc(Cl)c(OCC2(O)CCCN(Cc3ccc4[nH]ccc4c3)C2)c1. The van der Waals surface area contributed by atoms with Gasteiger partial charge in [0, 0.05) is 24.8 Å². The smallest absolute Gasteiger partial charge is 0.138 e. The van der Waals surface area contributed by atoms with E-state index < -0.39 is 5.60 Å². The molecule has 4 rings (SSSR count). The van der Waals surface area contributed by atoms with Gasteiger partial charge in [-0.1, -0.05) is 23.7 Å². The van der Waals surface area contributed by atoms with Crippen LogP contribution < -0.4 is 4.74 Å². The molecule has 0 aliphatic carbocycles. The van der Waals surface area contributed by atoms with Gasteiger partial charge in [0.2, 0.25) is 0 Å². The largest absolute Gasteiger partial charge is 0.489 e. The summed E-state index contributed by atoms with van der Waals surface area (Å²) in [7, 11) is 0. The fourth-order valence-corrected chi connectivity index (χ4v) is 4.02. The number of piperidine rings is 1. The Hall–Kier alpha value is -2.01. The number of rotatable bonds is 5. The molecule has 4 nitrogen and oxygen atoms in total. The van der Waals surface area contributed by atoms with Crippen molar-refractivity contribution in [1.29, 1.82) is 0 Å². The average molecular weight is 385 g/mol. The first-order chi connectivity index (χ1) is 13.0. The van der Waals surface area contributed by atoms with E-state index in [-0.39, 0.29) is 6.61 Å². The van der Waals surface area contributed by atoms with Gasteiger partial charge in [0.05, 0.1) is 5.02 Å². The molecular weight excluding hydrogens is 360 g/mol. The molecule has 1 unspecified atom stereocenters. The molecule has 1 aliphatic heterocycles. The molecule has 2 N–H and O–H groups in total. The molecular formula is C22H25ClN2O2. The van der Waals surface area contributed by atoms with E-state index >= 15 is 0 Å². The first-order valence-corrected chi connectivity index (χ1v) is 9.78. The third-order valence-electron chi connectivity index (χ3n) is 5.24. The Labute approximate surface area is 164 Å². The lowest BCUT2D eigenvalue weighted by molar-refractivity contribution is -0.0620. The van der Waals surface area contributed by atoms with Crippen LogP contribution in [0.2, 0.25) is 5.02 Å². The summed E-state index contributed by atoms with van der Waals surface area (Å²) in [5.41, 5.74) is 2.64. The van der Waals surface area contributed by atoms with Gasteiger partial charge in [0.25, 0.3) is 0 Å². The second kappa shape index (κ2) is 7.55. The highest BCUT2D eigenvalue weighted by atomic mass is 35.5. The number of nitrogens with zero attached hydrogens (tertiary/aromatic N) is 1. The van der Waals surface area contributed by atoms with E-state index in [0.717, 1.165) is 37.0 Å². The van der Waals surface area contributed by atoms with Crippen LogP contribution in [0.5, 0.6) is 5.75 Å². The zero-order valence-corrected chi connectivity index (χ0v) is 16.3. The number of H-pyrrole nitrogens is 1. The summed E-state index contributed by atoms with van der Waals surface area (Å²) in [5, 5.41) is 12.9. The van der Waals surface area contributed by atoms with Gasteiger partial charge < -0.3 is 14.8 Å². The van der Waals surface area contributed by atoms with E-state index in [9.17, 15) is 5.11 Å². The molecule has 1 fully saturated rings. The predicted octanol–water partition coefficient (Wildman–Crippen LogP) is 4.54. The van der Waals surface area contributed by atoms with Crippen LogP contribution in [0.3, 0.4) is 0 Å². The quantitative estimate of drug-likeness (QED) is 0.679. The average Bonchev–Trinajstić information content (AvgIpc) is 3.10. The maximum Gasteiger partial charge on any atom is 0.138 e. The molecule has 142 valence electrons. The number of hydrogen-bond acceptors (Lipinski definition) is 3. The molecule has 27 heavy (non-hydrogen) atoms. The zero-order valence-electron chi connectivity index (χ0n) is 15.5. The third kappa shape index (κ3) is 4.29. The van der Waals surface area contributed by atoms with Crippen molar-refractivity contribution in [3.63, 3.8) is 0 Å². The molecule has 0 radical (unpaired) electrons. The summed E-state index contributed by atoms with van der Waals surface area (Å²) in [6.07, 6.45) is 3.65. The summed E-state index contributed by atoms with van der Waals surface area (Å²) in [6, 6.07) is 14.3. The maximum absolute atomic E-state index is 11.1. The van der Waals surface area contributed by atoms with Gasteiger partial charge in [-0.15, -0.1) is 0 Å². The Balaban J connectivity index is 1.41. The van der Waals surface area contributed by atoms with Crippen molar-refractivity contribution in [2.75, 3.05) is 19.7 Å². The minimum atomic E-state index is -0.858. The van der Waals surface area contributed by atoms with Gasteiger partial charge >= 0.3 is 0 Å². The van der Waals surface area contributed by atoms with Crippen molar-refractivity contribution in [2.24, 2.45) is 0 Å². The van der Waals surface area contributed by atoms with Crippen molar-refractivity contribution in [2.45, 2.75) is 31.9 Å². The second-order valence-corrected chi connectivity index (χ2v) is 8.07. The lowest BCUT2D eigenvalue weighted by Crippen LogP contribution is -2.51. The van der Waals surface area contributed by atoms with Gasteiger partial charge in [-0.25, -0.2) is 0 Å². The first kappa shape index (κ1) is 18.4. The van der Waals surface area contributed by atoms with E-state index in [0.29, 0.717) is 17.3 Å². The summed E-state index contributed by atoms with van der Waals surface area (Å²) in [6.45, 7) is 4.67. The van der Waals surface area contributed by atoms with Crippen LogP contribution in [0.4, 0.5) is 0 Å². The van der Waals surface area contributed by atoms with E-state index in [1.165, 1.54) is 10.9 Å². The number of aromatic amines is 1. The predicted molar refractivity (Wildman–Crippen MR) is 109 cm³/mol. The number of aromatic nitrogens is 1. The molecule has 1 atom stereocenters. The number of likely N-dealkylation sites (tertiary alicyclic amines) is 1. The van der Waals surface area contributed by atoms with Crippen LogP contribution in [-0.2, 0) is 6.54 Å². The van der Waals surface area contributed by atoms with Gasteiger partial charge in [0.15, 0.2) is 0 Å². The number of halogens is 1. The molecule has 1 saturated heterocycles. The lowest BCUT2D eigenvalue weighted by atomic mass is 9.93. The van der Waals surface area contributed by atoms with Crippen molar-refractivity contribution in [3.8, 4) is 5.75 Å². The van der Waals surface area contributed by atoms with Crippen molar-refractivity contribution >= 4 is 22.5 Å². The Kier molecular flexibility index (Phi) is 5.13. The number of hydrogen-bond donors (Lipinski definition) is 2. The summed E-state index contributed by atoms with van der Waals surface area (Å²) < 4.78 is 5.89. The Morgan fingerprint density at radius 3 is 3.00 bits per heavy atom. The number of nitrogens with one attached hydrogen (secondary N) is 1. The monoisotopic (exact) mass is 384 g/mol. The Morgan fingerprint density at radius 1 is 1.22 bits per heavy atom. The summed E-state index contributed by atoms with van der Waals surface area (Å²) in [4.78, 5) is 5.53. The number of benzene rings is 2. The standard InChI is InChI=1S/C22H25ClN2O2/c1-16-3-5-19(23)21(11-16)27-15-22(26)8-2-10-25(14-22)13-17-4-6-20-18(12-17)7-9-24-20/h3-7,9,11-12,24,26H,2,8,10,13-15H2,1H3. The molecule has 0 bridgehead atoms. The minimum Gasteiger partial charge on any atom is -0.489 e. The van der Waals surface area contributed by atoms with Crippen molar-refractivity contribution in [1.82, 2.24) is 9.88 Å². The number of β-amino-alcohol motifs (C(OH)–C–C–N with tert-alkyl or cyclic N) is 1. The van der Waals surface area contributed by atoms with Gasteiger partial charge in [-0.3, -0.25) is 4.90 Å². The number of ether oxygens (including phenoxy) is 1. The van der Waals surface area contributed by atoms with Crippen LogP contribution >= 0.6 is 11.6 Å². The lowest BCUT2D eigenvalue weighted by Gasteiger charge is -2.39. The summed E-state index contributed by atoms with van der Waals surface area (Å²) in [5.74, 6) is 0.639. The number of aliphatic hydroxyl groups is 1. The fourth-order valence-electron chi connectivity index (χ4n) is 3.85. The van der Waals surface area contributed by atoms with Gasteiger partial charge in [-0.05, 0) is 73.2 Å². The zero-order chi connectivity index (χ0) is 18.9. The van der Waals surface area contributed by atoms with E-state index in [2.05, 4.69) is 34.1 Å². The van der Waals surface area contributed by atoms with Crippen LogP contribution in [0.25, 0.3) is 10.9 Å². The molecule has 0 amide bonds. The second-order valence-electron chi connectivity index (χ2n) is 7.66. The van der Waals surface area contributed by atoms with Crippen LogP contribution in [0.1, 0.15) is 24.0 Å². The van der Waals surface area contributed by atoms with Crippen LogP contribution in [-0.4, -0.2) is 40.3 Å². The van der Waals surface area contributed by atoms with Gasteiger partial charge in [0.1, 0.15) is 18.0 Å².